The van der Waals surface area contributed by atoms with Crippen LogP contribution in [0.5, 0.6) is 0 Å². The third kappa shape index (κ3) is 5.49. The van der Waals surface area contributed by atoms with E-state index in [1.54, 1.807) is 0 Å². The minimum atomic E-state index is -0.765. The van der Waals surface area contributed by atoms with E-state index in [2.05, 4.69) is 25.2 Å². The maximum atomic E-state index is 9.60. The molecule has 0 aromatic heterocycles. The van der Waals surface area contributed by atoms with Gasteiger partial charge in [-0.1, -0.05) is 62.9 Å². The van der Waals surface area contributed by atoms with Gasteiger partial charge in [0, 0.05) is 0 Å². The summed E-state index contributed by atoms with van der Waals surface area (Å²) in [7, 11) is 1.81. The second kappa shape index (κ2) is 9.55. The molecule has 2 atom stereocenters. The Labute approximate surface area is 129 Å². The second-order valence-electron chi connectivity index (χ2n) is 5.60. The molecule has 116 valence electrons. The smallest absolute Gasteiger partial charge is 0.155 e. The van der Waals surface area contributed by atoms with Crippen molar-refractivity contribution in [1.29, 1.82) is 5.26 Å². The number of hydrogen-bond acceptors (Lipinski definition) is 3. The third-order valence-electron chi connectivity index (χ3n) is 3.93. The molecule has 0 bridgehead atoms. The van der Waals surface area contributed by atoms with Crippen LogP contribution >= 0.6 is 0 Å². The Bertz CT molecular complexity index is 427. The van der Waals surface area contributed by atoms with Crippen LogP contribution < -0.4 is 5.32 Å². The predicted molar refractivity (Wildman–Crippen MR) is 87.0 cm³/mol. The molecule has 1 aromatic carbocycles. The Hall–Kier alpha value is -1.37. The summed E-state index contributed by atoms with van der Waals surface area (Å²) in [6.07, 6.45) is 6.24. The molecule has 0 aliphatic heterocycles. The van der Waals surface area contributed by atoms with Gasteiger partial charge in [-0.2, -0.15) is 5.26 Å². The number of rotatable bonds is 10. The molecule has 1 aromatic rings. The van der Waals surface area contributed by atoms with Crippen LogP contribution in [0.4, 0.5) is 0 Å². The molecule has 2 unspecified atom stereocenters. The molecule has 0 aliphatic carbocycles. The Kier molecular flexibility index (Phi) is 8.04. The maximum Gasteiger partial charge on any atom is 0.155 e. The molecule has 0 fully saturated rings. The monoisotopic (exact) mass is 288 g/mol. The highest BCUT2D eigenvalue weighted by Crippen LogP contribution is 2.21. The average Bonchev–Trinajstić information content (AvgIpc) is 2.54. The Morgan fingerprint density at radius 2 is 1.95 bits per heavy atom. The molecule has 1 N–H and O–H groups in total. The summed E-state index contributed by atoms with van der Waals surface area (Å²) in [6.45, 7) is 4.68. The summed E-state index contributed by atoms with van der Waals surface area (Å²) >= 11 is 0. The van der Waals surface area contributed by atoms with E-state index in [-0.39, 0.29) is 6.10 Å². The van der Waals surface area contributed by atoms with Crippen molar-refractivity contribution in [2.75, 3.05) is 13.7 Å². The van der Waals surface area contributed by atoms with Crippen LogP contribution in [0.3, 0.4) is 0 Å². The van der Waals surface area contributed by atoms with Gasteiger partial charge in [-0.25, -0.2) is 0 Å². The zero-order chi connectivity index (χ0) is 15.6. The molecule has 0 saturated carbocycles. The number of hydrogen-bond donors (Lipinski definition) is 1. The van der Waals surface area contributed by atoms with Crippen molar-refractivity contribution < 1.29 is 4.74 Å². The van der Waals surface area contributed by atoms with Gasteiger partial charge < -0.3 is 4.74 Å². The molecule has 0 radical (unpaired) electrons. The van der Waals surface area contributed by atoms with Crippen LogP contribution in [0.15, 0.2) is 30.3 Å². The quantitative estimate of drug-likeness (QED) is 0.662. The van der Waals surface area contributed by atoms with E-state index in [4.69, 9.17) is 4.74 Å². The van der Waals surface area contributed by atoms with Crippen molar-refractivity contribution in [2.24, 2.45) is 0 Å². The Balaban J connectivity index is 2.54. The highest BCUT2D eigenvalue weighted by molar-refractivity contribution is 5.31. The topological polar surface area (TPSA) is 45.0 Å². The van der Waals surface area contributed by atoms with Crippen LogP contribution in [0, 0.1) is 11.3 Å². The molecular formula is C18H28N2O. The number of benzene rings is 1. The first-order valence-corrected chi connectivity index (χ1v) is 7.95. The first-order chi connectivity index (χ1) is 10.2. The van der Waals surface area contributed by atoms with Gasteiger partial charge in [0.25, 0.3) is 0 Å². The normalized spacial score (nSPS) is 15.1. The first-order valence-electron chi connectivity index (χ1n) is 7.95. The molecule has 0 saturated heterocycles. The highest BCUT2D eigenvalue weighted by Gasteiger charge is 2.31. The fourth-order valence-corrected chi connectivity index (χ4v) is 2.38. The van der Waals surface area contributed by atoms with Crippen molar-refractivity contribution in [1.82, 2.24) is 5.32 Å². The molecule has 3 heteroatoms. The fourth-order valence-electron chi connectivity index (χ4n) is 2.38. The molecule has 0 spiro atoms. The van der Waals surface area contributed by atoms with Crippen LogP contribution in [0.2, 0.25) is 0 Å². The molecule has 21 heavy (non-hydrogen) atoms. The van der Waals surface area contributed by atoms with E-state index in [0.717, 1.165) is 12.0 Å². The standard InChI is InChI=1S/C18H28N2O/c1-4-5-6-8-11-16(2)21-15-18(14-19,20-3)17-12-9-7-10-13-17/h7,9-10,12-13,16,20H,4-6,8,11,15H2,1-3H3. The first kappa shape index (κ1) is 17.7. The molecule has 0 heterocycles. The summed E-state index contributed by atoms with van der Waals surface area (Å²) in [6, 6.07) is 12.2. The SMILES string of the molecule is CCCCCCC(C)OCC(C#N)(NC)c1ccccc1. The van der Waals surface area contributed by atoms with Crippen molar-refractivity contribution >= 4 is 0 Å². The highest BCUT2D eigenvalue weighted by atomic mass is 16.5. The number of unbranched alkanes of at least 4 members (excludes halogenated alkanes) is 3. The zero-order valence-corrected chi connectivity index (χ0v) is 13.6. The van der Waals surface area contributed by atoms with E-state index >= 15 is 0 Å². The third-order valence-corrected chi connectivity index (χ3v) is 3.93. The van der Waals surface area contributed by atoms with Crippen molar-refractivity contribution in [2.45, 2.75) is 57.6 Å². The number of ether oxygens (including phenoxy) is 1. The van der Waals surface area contributed by atoms with Crippen molar-refractivity contribution in [3.8, 4) is 6.07 Å². The Morgan fingerprint density at radius 3 is 2.52 bits per heavy atom. The van der Waals surface area contributed by atoms with Gasteiger partial charge in [0.1, 0.15) is 0 Å². The van der Waals surface area contributed by atoms with E-state index in [1.807, 2.05) is 37.4 Å². The maximum absolute atomic E-state index is 9.60. The molecule has 0 amide bonds. The molecular weight excluding hydrogens is 260 g/mol. The number of nitrogens with zero attached hydrogens (tertiary/aromatic N) is 1. The van der Waals surface area contributed by atoms with Gasteiger partial charge in [-0.3, -0.25) is 5.32 Å². The largest absolute Gasteiger partial charge is 0.375 e. The van der Waals surface area contributed by atoms with Gasteiger partial charge in [-0.05, 0) is 26.0 Å². The number of nitriles is 1. The van der Waals surface area contributed by atoms with Crippen molar-refractivity contribution in [3.63, 3.8) is 0 Å². The van der Waals surface area contributed by atoms with Gasteiger partial charge in [0.05, 0.1) is 18.8 Å². The minimum Gasteiger partial charge on any atom is -0.375 e. The van der Waals surface area contributed by atoms with Gasteiger partial charge in [0.2, 0.25) is 0 Å². The van der Waals surface area contributed by atoms with Crippen molar-refractivity contribution in [3.05, 3.63) is 35.9 Å². The molecule has 1 rings (SSSR count). The van der Waals surface area contributed by atoms with Gasteiger partial charge in [-0.15, -0.1) is 0 Å². The lowest BCUT2D eigenvalue weighted by atomic mass is 9.92. The van der Waals surface area contributed by atoms with Gasteiger partial charge >= 0.3 is 0 Å². The van der Waals surface area contributed by atoms with Crippen LogP contribution in [-0.4, -0.2) is 19.8 Å². The molecule has 3 nitrogen and oxygen atoms in total. The van der Waals surface area contributed by atoms with E-state index in [0.29, 0.717) is 6.61 Å². The molecule has 0 aliphatic rings. The van der Waals surface area contributed by atoms with E-state index < -0.39 is 5.54 Å². The number of likely N-dealkylation sites (N-methyl/N-ethyl adjacent to an activating group) is 1. The Morgan fingerprint density at radius 1 is 1.24 bits per heavy atom. The summed E-state index contributed by atoms with van der Waals surface area (Å²) < 4.78 is 5.94. The number of nitrogens with one attached hydrogen (secondary N) is 1. The summed E-state index contributed by atoms with van der Waals surface area (Å²) in [5, 5.41) is 12.7. The van der Waals surface area contributed by atoms with Gasteiger partial charge in [0.15, 0.2) is 5.54 Å². The minimum absolute atomic E-state index is 0.187. The van der Waals surface area contributed by atoms with Crippen LogP contribution in [-0.2, 0) is 10.3 Å². The lowest BCUT2D eigenvalue weighted by Gasteiger charge is -2.28. The fraction of sp³-hybridized carbons (Fsp3) is 0.611. The predicted octanol–water partition coefficient (Wildman–Crippen LogP) is 4.00. The second-order valence-corrected chi connectivity index (χ2v) is 5.60. The summed E-state index contributed by atoms with van der Waals surface area (Å²) in [4.78, 5) is 0. The van der Waals surface area contributed by atoms with E-state index in [9.17, 15) is 5.26 Å². The zero-order valence-electron chi connectivity index (χ0n) is 13.6. The summed E-state index contributed by atoms with van der Waals surface area (Å²) in [5.74, 6) is 0. The lowest BCUT2D eigenvalue weighted by Crippen LogP contribution is -2.43. The lowest BCUT2D eigenvalue weighted by molar-refractivity contribution is 0.0285. The van der Waals surface area contributed by atoms with Crippen LogP contribution in [0.25, 0.3) is 0 Å². The van der Waals surface area contributed by atoms with Crippen LogP contribution in [0.1, 0.15) is 51.5 Å². The van der Waals surface area contributed by atoms with E-state index in [1.165, 1.54) is 25.7 Å². The summed E-state index contributed by atoms with van der Waals surface area (Å²) in [5.41, 5.74) is 0.187. The average molecular weight is 288 g/mol.